The number of rotatable bonds is 5. The number of piperidine rings is 1. The highest BCUT2D eigenvalue weighted by molar-refractivity contribution is 6.00. The molecule has 2 aliphatic rings. The zero-order chi connectivity index (χ0) is 22.7. The minimum atomic E-state index is -0.814. The Balaban J connectivity index is 1.42. The van der Waals surface area contributed by atoms with Crippen LogP contribution in [-0.4, -0.2) is 41.4 Å². The molecule has 2 fully saturated rings. The Hall–Kier alpha value is -3.60. The molecule has 2 heterocycles. The van der Waals surface area contributed by atoms with Gasteiger partial charge in [0.2, 0.25) is 11.8 Å². The fraction of sp³-hybridized carbons (Fsp3) is 0.286. The number of hydrogen-bond acceptors (Lipinski definition) is 3. The topological polar surface area (TPSA) is 52.7 Å². The minimum Gasteiger partial charge on any atom is -0.371 e. The fourth-order valence-corrected chi connectivity index (χ4v) is 5.13. The summed E-state index contributed by atoms with van der Waals surface area (Å²) in [7, 11) is 0. The first-order valence-electron chi connectivity index (χ1n) is 11.7. The molecule has 2 aliphatic heterocycles. The molecular formula is C28H29N3O2. The largest absolute Gasteiger partial charge is 0.371 e. The zero-order valence-corrected chi connectivity index (χ0v) is 18.7. The van der Waals surface area contributed by atoms with Gasteiger partial charge in [-0.2, -0.15) is 0 Å². The lowest BCUT2D eigenvalue weighted by molar-refractivity contribution is -0.160. The zero-order valence-electron chi connectivity index (χ0n) is 18.7. The van der Waals surface area contributed by atoms with Crippen molar-refractivity contribution in [3.05, 3.63) is 102 Å². The summed E-state index contributed by atoms with van der Waals surface area (Å²) in [5.74, 6) is -0.0119. The number of anilines is 1. The molecular weight excluding hydrogens is 410 g/mol. The Bertz CT molecular complexity index is 1090. The van der Waals surface area contributed by atoms with Crippen LogP contribution in [-0.2, 0) is 22.6 Å². The van der Waals surface area contributed by atoms with E-state index in [1.165, 1.54) is 0 Å². The number of carbonyl (C=O) groups excluding carboxylic acids is 2. The Labute approximate surface area is 195 Å². The molecule has 1 unspecified atom stereocenters. The number of hydrogen-bond donors (Lipinski definition) is 1. The smallest absolute Gasteiger partial charge is 0.246 e. The molecule has 0 radical (unpaired) electrons. The van der Waals surface area contributed by atoms with E-state index in [2.05, 4.69) is 22.3 Å². The first-order chi connectivity index (χ1) is 16.2. The van der Waals surface area contributed by atoms with E-state index in [1.54, 1.807) is 0 Å². The molecule has 33 heavy (non-hydrogen) atoms. The van der Waals surface area contributed by atoms with E-state index in [4.69, 9.17) is 0 Å². The van der Waals surface area contributed by atoms with Gasteiger partial charge < -0.3 is 15.1 Å². The summed E-state index contributed by atoms with van der Waals surface area (Å²) >= 11 is 0. The summed E-state index contributed by atoms with van der Waals surface area (Å²) in [6.45, 7) is 1.92. The van der Waals surface area contributed by atoms with Gasteiger partial charge >= 0.3 is 0 Å². The van der Waals surface area contributed by atoms with Crippen LogP contribution < -0.4 is 10.2 Å². The minimum absolute atomic E-state index is 0.00969. The highest BCUT2D eigenvalue weighted by atomic mass is 16.2. The van der Waals surface area contributed by atoms with E-state index in [1.807, 2.05) is 83.8 Å². The third kappa shape index (κ3) is 4.23. The quantitative estimate of drug-likeness (QED) is 0.658. The molecule has 5 rings (SSSR count). The summed E-state index contributed by atoms with van der Waals surface area (Å²) in [6, 6.07) is 29.6. The van der Waals surface area contributed by atoms with Gasteiger partial charge in [0.1, 0.15) is 11.6 Å². The van der Waals surface area contributed by atoms with Crippen LogP contribution >= 0.6 is 0 Å². The number of benzene rings is 3. The number of para-hydroxylation sites is 1. The molecule has 3 aromatic carbocycles. The van der Waals surface area contributed by atoms with Gasteiger partial charge in [0, 0.05) is 31.7 Å². The Morgan fingerprint density at radius 1 is 0.758 bits per heavy atom. The second kappa shape index (κ2) is 9.10. The summed E-state index contributed by atoms with van der Waals surface area (Å²) in [5.41, 5.74) is 2.44. The summed E-state index contributed by atoms with van der Waals surface area (Å²) < 4.78 is 0. The molecule has 168 valence electrons. The van der Waals surface area contributed by atoms with Crippen LogP contribution in [0.1, 0.15) is 24.0 Å². The maximum absolute atomic E-state index is 13.8. The van der Waals surface area contributed by atoms with Gasteiger partial charge in [-0.3, -0.25) is 9.59 Å². The standard InChI is InChI=1S/C28H29N3O2/c32-26-25(20-22-10-4-1-5-11-22)29-27(33)28(31(26)21-23-12-6-2-7-13-23)16-18-30(19-17-28)24-14-8-3-9-15-24/h1-15,25H,16-21H2,(H,29,33). The van der Waals surface area contributed by atoms with E-state index in [-0.39, 0.29) is 11.8 Å². The molecule has 0 saturated carbocycles. The molecule has 1 N–H and O–H groups in total. The van der Waals surface area contributed by atoms with Crippen molar-refractivity contribution in [3.8, 4) is 0 Å². The molecule has 2 saturated heterocycles. The Morgan fingerprint density at radius 2 is 1.30 bits per heavy atom. The van der Waals surface area contributed by atoms with Crippen LogP contribution in [0.5, 0.6) is 0 Å². The first-order valence-corrected chi connectivity index (χ1v) is 11.7. The lowest BCUT2D eigenvalue weighted by Gasteiger charge is -2.52. The molecule has 5 heteroatoms. The lowest BCUT2D eigenvalue weighted by Crippen LogP contribution is -2.72. The Kier molecular flexibility index (Phi) is 5.86. The van der Waals surface area contributed by atoms with Crippen LogP contribution in [0.15, 0.2) is 91.0 Å². The van der Waals surface area contributed by atoms with Gasteiger partial charge in [0.25, 0.3) is 0 Å². The van der Waals surface area contributed by atoms with Crippen molar-refractivity contribution < 1.29 is 9.59 Å². The molecule has 2 amide bonds. The normalized spacial score (nSPS) is 20.1. The number of amides is 2. The molecule has 5 nitrogen and oxygen atoms in total. The van der Waals surface area contributed by atoms with Crippen molar-refractivity contribution >= 4 is 17.5 Å². The maximum Gasteiger partial charge on any atom is 0.246 e. The van der Waals surface area contributed by atoms with Crippen LogP contribution in [0.25, 0.3) is 0 Å². The number of nitrogens with zero attached hydrogens (tertiary/aromatic N) is 2. The first kappa shape index (κ1) is 21.3. The van der Waals surface area contributed by atoms with Crippen LogP contribution in [0.3, 0.4) is 0 Å². The Morgan fingerprint density at radius 3 is 1.91 bits per heavy atom. The van der Waals surface area contributed by atoms with E-state index in [0.717, 1.165) is 29.9 Å². The summed E-state index contributed by atoms with van der Waals surface area (Å²) in [6.07, 6.45) is 1.73. The fourth-order valence-electron chi connectivity index (χ4n) is 5.13. The second-order valence-corrected chi connectivity index (χ2v) is 8.98. The molecule has 0 aliphatic carbocycles. The highest BCUT2D eigenvalue weighted by Gasteiger charge is 2.53. The highest BCUT2D eigenvalue weighted by Crippen LogP contribution is 2.36. The van der Waals surface area contributed by atoms with Crippen molar-refractivity contribution in [3.63, 3.8) is 0 Å². The van der Waals surface area contributed by atoms with Gasteiger partial charge in [-0.1, -0.05) is 78.9 Å². The number of carbonyl (C=O) groups is 2. The number of piperazine rings is 1. The summed E-state index contributed by atoms with van der Waals surface area (Å²) in [4.78, 5) is 31.6. The van der Waals surface area contributed by atoms with Gasteiger partial charge in [-0.15, -0.1) is 0 Å². The van der Waals surface area contributed by atoms with Crippen molar-refractivity contribution in [2.45, 2.75) is 37.4 Å². The summed E-state index contributed by atoms with van der Waals surface area (Å²) in [5, 5.41) is 3.10. The third-order valence-corrected chi connectivity index (χ3v) is 6.99. The molecule has 1 atom stereocenters. The van der Waals surface area contributed by atoms with E-state index >= 15 is 0 Å². The maximum atomic E-state index is 13.8. The van der Waals surface area contributed by atoms with Gasteiger partial charge in [-0.05, 0) is 36.1 Å². The molecule has 0 aromatic heterocycles. The third-order valence-electron chi connectivity index (χ3n) is 6.99. The molecule has 1 spiro atoms. The van der Waals surface area contributed by atoms with E-state index in [9.17, 15) is 9.59 Å². The van der Waals surface area contributed by atoms with Crippen molar-refractivity contribution in [1.82, 2.24) is 10.2 Å². The lowest BCUT2D eigenvalue weighted by atomic mass is 9.80. The van der Waals surface area contributed by atoms with E-state index < -0.39 is 11.6 Å². The number of nitrogens with one attached hydrogen (secondary N) is 1. The molecule has 3 aromatic rings. The van der Waals surface area contributed by atoms with E-state index in [0.29, 0.717) is 25.8 Å². The predicted octanol–water partition coefficient (Wildman–Crippen LogP) is 3.80. The monoisotopic (exact) mass is 439 g/mol. The average molecular weight is 440 g/mol. The SMILES string of the molecule is O=C1C(Cc2ccccc2)NC(=O)C2(CCN(c3ccccc3)CC2)N1Cc1ccccc1. The van der Waals surface area contributed by atoms with Gasteiger partial charge in [0.05, 0.1) is 0 Å². The van der Waals surface area contributed by atoms with Gasteiger partial charge in [-0.25, -0.2) is 0 Å². The van der Waals surface area contributed by atoms with Crippen LogP contribution in [0, 0.1) is 0 Å². The molecule has 0 bridgehead atoms. The average Bonchev–Trinajstić information content (AvgIpc) is 2.87. The van der Waals surface area contributed by atoms with Crippen molar-refractivity contribution in [1.29, 1.82) is 0 Å². The van der Waals surface area contributed by atoms with Gasteiger partial charge in [0.15, 0.2) is 0 Å². The predicted molar refractivity (Wildman–Crippen MR) is 130 cm³/mol. The van der Waals surface area contributed by atoms with Crippen molar-refractivity contribution in [2.24, 2.45) is 0 Å². The van der Waals surface area contributed by atoms with Crippen molar-refractivity contribution in [2.75, 3.05) is 18.0 Å². The van der Waals surface area contributed by atoms with Crippen LogP contribution in [0.2, 0.25) is 0 Å². The second-order valence-electron chi connectivity index (χ2n) is 8.98. The van der Waals surface area contributed by atoms with Crippen LogP contribution in [0.4, 0.5) is 5.69 Å².